The average molecular weight is 326 g/mol. The summed E-state index contributed by atoms with van der Waals surface area (Å²) < 4.78 is 5.94. The van der Waals surface area contributed by atoms with E-state index < -0.39 is 0 Å². The molecule has 1 heteroatoms. The lowest BCUT2D eigenvalue weighted by atomic mass is 9.95. The van der Waals surface area contributed by atoms with Crippen molar-refractivity contribution in [1.29, 1.82) is 0 Å². The van der Waals surface area contributed by atoms with E-state index in [4.69, 9.17) is 4.74 Å². The highest BCUT2D eigenvalue weighted by Crippen LogP contribution is 2.33. The Labute approximate surface area is 148 Å². The smallest absolute Gasteiger partial charge is 0.120 e. The van der Waals surface area contributed by atoms with Crippen LogP contribution in [-0.4, -0.2) is 5.60 Å². The molecular formula is C24H22O. The Morgan fingerprint density at radius 2 is 1.28 bits per heavy atom. The molecule has 0 amide bonds. The molecule has 0 saturated heterocycles. The molecule has 0 aliphatic rings. The molecule has 124 valence electrons. The third-order valence-electron chi connectivity index (χ3n) is 4.34. The molecule has 0 bridgehead atoms. The second-order valence-corrected chi connectivity index (χ2v) is 7.46. The van der Waals surface area contributed by atoms with Crippen molar-refractivity contribution in [3.63, 3.8) is 0 Å². The van der Waals surface area contributed by atoms with Crippen molar-refractivity contribution in [1.82, 2.24) is 0 Å². The van der Waals surface area contributed by atoms with Crippen LogP contribution in [0.25, 0.3) is 32.7 Å². The summed E-state index contributed by atoms with van der Waals surface area (Å²) in [5.41, 5.74) is 2.28. The van der Waals surface area contributed by atoms with Crippen LogP contribution >= 0.6 is 0 Å². The third-order valence-corrected chi connectivity index (χ3v) is 4.34. The van der Waals surface area contributed by atoms with E-state index in [1.165, 1.54) is 32.7 Å². The predicted octanol–water partition coefficient (Wildman–Crippen LogP) is 6.84. The summed E-state index contributed by atoms with van der Waals surface area (Å²) in [5.74, 6) is 0.905. The molecule has 0 aromatic heterocycles. The highest BCUT2D eigenvalue weighted by atomic mass is 16.5. The predicted molar refractivity (Wildman–Crippen MR) is 107 cm³/mol. The molecule has 0 unspecified atom stereocenters. The van der Waals surface area contributed by atoms with Crippen LogP contribution < -0.4 is 4.74 Å². The topological polar surface area (TPSA) is 9.23 Å². The molecule has 0 aliphatic carbocycles. The third kappa shape index (κ3) is 3.23. The molecule has 4 aromatic carbocycles. The van der Waals surface area contributed by atoms with Crippen molar-refractivity contribution in [2.45, 2.75) is 26.4 Å². The van der Waals surface area contributed by atoms with Crippen LogP contribution in [0.1, 0.15) is 20.8 Å². The van der Waals surface area contributed by atoms with Crippen molar-refractivity contribution in [2.24, 2.45) is 0 Å². The van der Waals surface area contributed by atoms with E-state index in [1.54, 1.807) is 0 Å². The molecular weight excluding hydrogens is 304 g/mol. The molecule has 0 atom stereocenters. The lowest BCUT2D eigenvalue weighted by molar-refractivity contribution is 0.131. The van der Waals surface area contributed by atoms with Gasteiger partial charge >= 0.3 is 0 Å². The van der Waals surface area contributed by atoms with Gasteiger partial charge in [0.2, 0.25) is 0 Å². The number of ether oxygens (including phenoxy) is 1. The fourth-order valence-electron chi connectivity index (χ4n) is 3.27. The number of benzene rings is 4. The molecule has 4 rings (SSSR count). The minimum atomic E-state index is -0.181. The largest absolute Gasteiger partial charge is 0.488 e. The summed E-state index contributed by atoms with van der Waals surface area (Å²) in [6.07, 6.45) is 0. The maximum atomic E-state index is 5.94. The summed E-state index contributed by atoms with van der Waals surface area (Å²) in [4.78, 5) is 0. The van der Waals surface area contributed by atoms with E-state index in [1.807, 2.05) is 0 Å². The van der Waals surface area contributed by atoms with Gasteiger partial charge in [0.15, 0.2) is 0 Å². The molecule has 0 heterocycles. The average Bonchev–Trinajstić information content (AvgIpc) is 2.59. The first kappa shape index (κ1) is 15.7. The molecule has 0 fully saturated rings. The van der Waals surface area contributed by atoms with Crippen LogP contribution in [0.5, 0.6) is 5.75 Å². The lowest BCUT2D eigenvalue weighted by Crippen LogP contribution is -2.22. The van der Waals surface area contributed by atoms with E-state index in [9.17, 15) is 0 Å². The summed E-state index contributed by atoms with van der Waals surface area (Å²) >= 11 is 0. The van der Waals surface area contributed by atoms with Gasteiger partial charge in [-0.25, -0.2) is 0 Å². The Morgan fingerprint density at radius 3 is 1.96 bits per heavy atom. The minimum absolute atomic E-state index is 0.181. The summed E-state index contributed by atoms with van der Waals surface area (Å²) in [6.45, 7) is 6.20. The zero-order valence-corrected chi connectivity index (χ0v) is 14.9. The Balaban J connectivity index is 1.82. The molecule has 0 N–H and O–H groups in total. The van der Waals surface area contributed by atoms with Crippen LogP contribution in [0.3, 0.4) is 0 Å². The summed E-state index contributed by atoms with van der Waals surface area (Å²) in [6, 6.07) is 28.0. The second-order valence-electron chi connectivity index (χ2n) is 7.46. The Hall–Kier alpha value is -2.80. The van der Waals surface area contributed by atoms with Crippen molar-refractivity contribution < 1.29 is 4.74 Å². The van der Waals surface area contributed by atoms with E-state index in [-0.39, 0.29) is 5.60 Å². The SMILES string of the molecule is CC(C)(C)Oc1ccc(-c2cccc3cc4ccccc4cc23)cc1. The van der Waals surface area contributed by atoms with Gasteiger partial charge in [-0.05, 0) is 77.7 Å². The Kier molecular flexibility index (Phi) is 3.73. The lowest BCUT2D eigenvalue weighted by Gasteiger charge is -2.21. The standard InChI is InChI=1S/C24H22O/c1-24(2,3)25-21-13-11-17(12-14-21)22-10-6-9-20-15-18-7-4-5-8-19(18)16-23(20)22/h4-16H,1-3H3. The van der Waals surface area contributed by atoms with Crippen LogP contribution in [0.15, 0.2) is 78.9 Å². The quantitative estimate of drug-likeness (QED) is 0.366. The van der Waals surface area contributed by atoms with E-state index in [2.05, 4.69) is 99.6 Å². The van der Waals surface area contributed by atoms with Crippen LogP contribution in [0, 0.1) is 0 Å². The number of hydrogen-bond donors (Lipinski definition) is 0. The highest BCUT2D eigenvalue weighted by molar-refractivity contribution is 6.04. The van der Waals surface area contributed by atoms with Crippen LogP contribution in [0.2, 0.25) is 0 Å². The zero-order chi connectivity index (χ0) is 17.4. The van der Waals surface area contributed by atoms with Gasteiger partial charge in [0.05, 0.1) is 0 Å². The summed E-state index contributed by atoms with van der Waals surface area (Å²) in [7, 11) is 0. The molecule has 25 heavy (non-hydrogen) atoms. The van der Waals surface area contributed by atoms with Crippen LogP contribution in [0.4, 0.5) is 0 Å². The van der Waals surface area contributed by atoms with Crippen molar-refractivity contribution in [2.75, 3.05) is 0 Å². The monoisotopic (exact) mass is 326 g/mol. The fourth-order valence-corrected chi connectivity index (χ4v) is 3.27. The molecule has 4 aromatic rings. The number of hydrogen-bond acceptors (Lipinski definition) is 1. The molecule has 0 radical (unpaired) electrons. The van der Waals surface area contributed by atoms with Gasteiger partial charge in [-0.3, -0.25) is 0 Å². The minimum Gasteiger partial charge on any atom is -0.488 e. The van der Waals surface area contributed by atoms with Gasteiger partial charge in [0.1, 0.15) is 11.4 Å². The number of rotatable bonds is 2. The first-order valence-electron chi connectivity index (χ1n) is 8.71. The van der Waals surface area contributed by atoms with Gasteiger partial charge in [-0.1, -0.05) is 54.6 Å². The number of fused-ring (bicyclic) bond motifs is 2. The van der Waals surface area contributed by atoms with Gasteiger partial charge in [0.25, 0.3) is 0 Å². The second kappa shape index (κ2) is 5.93. The molecule has 1 nitrogen and oxygen atoms in total. The van der Waals surface area contributed by atoms with Gasteiger partial charge in [-0.15, -0.1) is 0 Å². The van der Waals surface area contributed by atoms with Gasteiger partial charge < -0.3 is 4.74 Å². The summed E-state index contributed by atoms with van der Waals surface area (Å²) in [5, 5.41) is 5.10. The zero-order valence-electron chi connectivity index (χ0n) is 14.9. The van der Waals surface area contributed by atoms with Crippen LogP contribution in [-0.2, 0) is 0 Å². The normalized spacial score (nSPS) is 11.8. The van der Waals surface area contributed by atoms with Gasteiger partial charge in [0, 0.05) is 0 Å². The molecule has 0 aliphatic heterocycles. The first-order valence-corrected chi connectivity index (χ1v) is 8.71. The van der Waals surface area contributed by atoms with E-state index >= 15 is 0 Å². The van der Waals surface area contributed by atoms with Gasteiger partial charge in [-0.2, -0.15) is 0 Å². The maximum Gasteiger partial charge on any atom is 0.120 e. The van der Waals surface area contributed by atoms with E-state index in [0.717, 1.165) is 5.75 Å². The fraction of sp³-hybridized carbons (Fsp3) is 0.167. The molecule has 0 spiro atoms. The highest BCUT2D eigenvalue weighted by Gasteiger charge is 2.12. The Bertz CT molecular complexity index is 1040. The van der Waals surface area contributed by atoms with Crippen molar-refractivity contribution in [3.05, 3.63) is 78.9 Å². The first-order chi connectivity index (χ1) is 12.0. The molecule has 0 saturated carbocycles. The Morgan fingerprint density at radius 1 is 0.640 bits per heavy atom. The van der Waals surface area contributed by atoms with Crippen molar-refractivity contribution >= 4 is 21.5 Å². The van der Waals surface area contributed by atoms with E-state index in [0.29, 0.717) is 0 Å². The van der Waals surface area contributed by atoms with Crippen molar-refractivity contribution in [3.8, 4) is 16.9 Å². The maximum absolute atomic E-state index is 5.94.